The molecular weight excluding hydrogens is 426 g/mol. The van der Waals surface area contributed by atoms with Crippen molar-refractivity contribution in [3.05, 3.63) is 94.9 Å². The number of para-hydroxylation sites is 1. The van der Waals surface area contributed by atoms with Gasteiger partial charge >= 0.3 is 0 Å². The third kappa shape index (κ3) is 4.30. The van der Waals surface area contributed by atoms with Crippen LogP contribution in [0.5, 0.6) is 0 Å². The largest absolute Gasteiger partial charge is 0.369 e. The third-order valence-electron chi connectivity index (χ3n) is 6.33. The quantitative estimate of drug-likeness (QED) is 0.498. The summed E-state index contributed by atoms with van der Waals surface area (Å²) in [6.45, 7) is 7.39. The summed E-state index contributed by atoms with van der Waals surface area (Å²) in [4.78, 5) is 31.1. The predicted molar refractivity (Wildman–Crippen MR) is 136 cm³/mol. The zero-order valence-corrected chi connectivity index (χ0v) is 19.1. The molecule has 0 spiro atoms. The van der Waals surface area contributed by atoms with Crippen molar-refractivity contribution in [1.29, 1.82) is 0 Å². The smallest absolute Gasteiger partial charge is 0.279 e. The van der Waals surface area contributed by atoms with E-state index in [4.69, 9.17) is 0 Å². The van der Waals surface area contributed by atoms with Gasteiger partial charge in [0.15, 0.2) is 5.69 Å². The number of carbonyl (C=O) groups is 1. The number of hydrogen-bond donors (Lipinski definition) is 1. The maximum atomic E-state index is 13.3. The SMILES string of the molecule is CCN1CCN(c2ccc(NC(=O)c3nn(-c4ccccc4)c(=O)c4ccccc34)cc2)CC1. The van der Waals surface area contributed by atoms with E-state index in [0.29, 0.717) is 22.1 Å². The molecule has 4 aromatic rings. The molecule has 1 aliphatic heterocycles. The first kappa shape index (κ1) is 21.9. The average molecular weight is 454 g/mol. The summed E-state index contributed by atoms with van der Waals surface area (Å²) in [6, 6.07) is 24.1. The van der Waals surface area contributed by atoms with Crippen molar-refractivity contribution >= 4 is 28.1 Å². The first-order valence-electron chi connectivity index (χ1n) is 11.6. The molecule has 1 aliphatic rings. The second kappa shape index (κ2) is 9.49. The van der Waals surface area contributed by atoms with Crippen molar-refractivity contribution in [2.24, 2.45) is 0 Å². The molecule has 1 amide bonds. The van der Waals surface area contributed by atoms with E-state index >= 15 is 0 Å². The lowest BCUT2D eigenvalue weighted by atomic mass is 10.1. The Kier molecular flexibility index (Phi) is 6.10. The predicted octanol–water partition coefficient (Wildman–Crippen LogP) is 3.78. The molecule has 0 atom stereocenters. The number of fused-ring (bicyclic) bond motifs is 1. The van der Waals surface area contributed by atoms with Gasteiger partial charge in [0.1, 0.15) is 0 Å². The lowest BCUT2D eigenvalue weighted by molar-refractivity contribution is 0.102. The fourth-order valence-corrected chi connectivity index (χ4v) is 4.37. The van der Waals surface area contributed by atoms with E-state index in [1.807, 2.05) is 42.5 Å². The van der Waals surface area contributed by atoms with Gasteiger partial charge in [-0.15, -0.1) is 0 Å². The van der Waals surface area contributed by atoms with Crippen LogP contribution in [0.1, 0.15) is 17.4 Å². The standard InChI is InChI=1S/C27H27N5O2/c1-2-30-16-18-31(19-17-30)21-14-12-20(13-15-21)28-26(33)25-23-10-6-7-11-24(23)27(34)32(29-25)22-8-4-3-5-9-22/h3-15H,2,16-19H2,1H3,(H,28,33). The van der Waals surface area contributed by atoms with Crippen LogP contribution in [-0.2, 0) is 0 Å². The molecule has 3 aromatic carbocycles. The highest BCUT2D eigenvalue weighted by Gasteiger charge is 2.19. The molecule has 0 bridgehead atoms. The van der Waals surface area contributed by atoms with Crippen LogP contribution in [0.2, 0.25) is 0 Å². The molecule has 0 aliphatic carbocycles. The van der Waals surface area contributed by atoms with E-state index in [0.717, 1.165) is 38.4 Å². The number of piperazine rings is 1. The first-order valence-corrected chi connectivity index (χ1v) is 11.6. The van der Waals surface area contributed by atoms with Crippen molar-refractivity contribution in [3.63, 3.8) is 0 Å². The van der Waals surface area contributed by atoms with E-state index in [9.17, 15) is 9.59 Å². The Labute approximate surface area is 198 Å². The van der Waals surface area contributed by atoms with Gasteiger partial charge < -0.3 is 15.1 Å². The van der Waals surface area contributed by atoms with Crippen LogP contribution in [-0.4, -0.2) is 53.3 Å². The molecule has 1 aromatic heterocycles. The van der Waals surface area contributed by atoms with Gasteiger partial charge in [0, 0.05) is 42.9 Å². The van der Waals surface area contributed by atoms with Gasteiger partial charge in [0.05, 0.1) is 11.1 Å². The summed E-state index contributed by atoms with van der Waals surface area (Å²) in [7, 11) is 0. The number of benzene rings is 3. The average Bonchev–Trinajstić information content (AvgIpc) is 2.90. The summed E-state index contributed by atoms with van der Waals surface area (Å²) < 4.78 is 1.29. The van der Waals surface area contributed by atoms with Gasteiger partial charge in [-0.05, 0) is 49.0 Å². The molecule has 1 saturated heterocycles. The van der Waals surface area contributed by atoms with E-state index in [1.54, 1.807) is 36.4 Å². The third-order valence-corrected chi connectivity index (χ3v) is 6.33. The van der Waals surface area contributed by atoms with Crippen molar-refractivity contribution in [1.82, 2.24) is 14.7 Å². The summed E-state index contributed by atoms with van der Waals surface area (Å²) >= 11 is 0. The molecule has 2 heterocycles. The molecular formula is C27H27N5O2. The van der Waals surface area contributed by atoms with Gasteiger partial charge in [-0.3, -0.25) is 9.59 Å². The number of carbonyl (C=O) groups excluding carboxylic acids is 1. The van der Waals surface area contributed by atoms with Crippen LogP contribution in [0.25, 0.3) is 16.5 Å². The Bertz CT molecular complexity index is 1360. The Balaban J connectivity index is 1.42. The van der Waals surface area contributed by atoms with Gasteiger partial charge in [-0.2, -0.15) is 9.78 Å². The minimum Gasteiger partial charge on any atom is -0.369 e. The molecule has 7 nitrogen and oxygen atoms in total. The molecule has 0 saturated carbocycles. The number of amides is 1. The molecule has 34 heavy (non-hydrogen) atoms. The van der Waals surface area contributed by atoms with E-state index in [1.165, 1.54) is 4.68 Å². The Morgan fingerprint density at radius 1 is 0.824 bits per heavy atom. The van der Waals surface area contributed by atoms with Crippen LogP contribution >= 0.6 is 0 Å². The van der Waals surface area contributed by atoms with E-state index in [-0.39, 0.29) is 17.2 Å². The highest BCUT2D eigenvalue weighted by atomic mass is 16.2. The van der Waals surface area contributed by atoms with Crippen LogP contribution in [0.3, 0.4) is 0 Å². The highest BCUT2D eigenvalue weighted by Crippen LogP contribution is 2.21. The van der Waals surface area contributed by atoms with Crippen LogP contribution in [0.4, 0.5) is 11.4 Å². The zero-order valence-electron chi connectivity index (χ0n) is 19.1. The highest BCUT2D eigenvalue weighted by molar-refractivity contribution is 6.11. The molecule has 7 heteroatoms. The number of nitrogens with one attached hydrogen (secondary N) is 1. The summed E-state index contributed by atoms with van der Waals surface area (Å²) in [5.41, 5.74) is 2.39. The molecule has 0 radical (unpaired) electrons. The van der Waals surface area contributed by atoms with Crippen molar-refractivity contribution in [3.8, 4) is 5.69 Å². The molecule has 5 rings (SSSR count). The zero-order chi connectivity index (χ0) is 23.5. The van der Waals surface area contributed by atoms with Crippen molar-refractivity contribution < 1.29 is 4.79 Å². The number of nitrogens with zero attached hydrogens (tertiary/aromatic N) is 4. The van der Waals surface area contributed by atoms with Gasteiger partial charge in [-0.1, -0.05) is 43.3 Å². The second-order valence-electron chi connectivity index (χ2n) is 8.37. The van der Waals surface area contributed by atoms with Gasteiger partial charge in [0.25, 0.3) is 11.5 Å². The van der Waals surface area contributed by atoms with Crippen LogP contribution in [0, 0.1) is 0 Å². The Morgan fingerprint density at radius 2 is 1.47 bits per heavy atom. The Hall–Kier alpha value is -3.97. The number of hydrogen-bond acceptors (Lipinski definition) is 5. The summed E-state index contributed by atoms with van der Waals surface area (Å²) in [6.07, 6.45) is 0. The lowest BCUT2D eigenvalue weighted by Crippen LogP contribution is -2.46. The summed E-state index contributed by atoms with van der Waals surface area (Å²) in [5.74, 6) is -0.356. The van der Waals surface area contributed by atoms with Crippen LogP contribution < -0.4 is 15.8 Å². The summed E-state index contributed by atoms with van der Waals surface area (Å²) in [5, 5.41) is 8.39. The molecule has 1 fully saturated rings. The van der Waals surface area contributed by atoms with Gasteiger partial charge in [0.2, 0.25) is 0 Å². The van der Waals surface area contributed by atoms with Crippen molar-refractivity contribution in [2.45, 2.75) is 6.92 Å². The minimum absolute atomic E-state index is 0.207. The maximum absolute atomic E-state index is 13.3. The molecule has 172 valence electrons. The number of likely N-dealkylation sites (N-methyl/N-ethyl adjacent to an activating group) is 1. The van der Waals surface area contributed by atoms with Crippen molar-refractivity contribution in [2.75, 3.05) is 42.9 Å². The fraction of sp³-hybridized carbons (Fsp3) is 0.222. The number of aromatic nitrogens is 2. The fourth-order valence-electron chi connectivity index (χ4n) is 4.37. The second-order valence-corrected chi connectivity index (χ2v) is 8.37. The molecule has 1 N–H and O–H groups in total. The number of rotatable bonds is 5. The Morgan fingerprint density at radius 3 is 2.15 bits per heavy atom. The normalized spacial score (nSPS) is 14.3. The van der Waals surface area contributed by atoms with E-state index < -0.39 is 0 Å². The monoisotopic (exact) mass is 453 g/mol. The topological polar surface area (TPSA) is 70.5 Å². The van der Waals surface area contributed by atoms with E-state index in [2.05, 4.69) is 27.1 Å². The maximum Gasteiger partial charge on any atom is 0.279 e. The molecule has 0 unspecified atom stereocenters. The lowest BCUT2D eigenvalue weighted by Gasteiger charge is -2.35. The van der Waals surface area contributed by atoms with Crippen LogP contribution in [0.15, 0.2) is 83.7 Å². The first-order chi connectivity index (χ1) is 16.6. The minimum atomic E-state index is -0.356. The number of anilines is 2. The van der Waals surface area contributed by atoms with Gasteiger partial charge in [-0.25, -0.2) is 0 Å².